The lowest BCUT2D eigenvalue weighted by atomic mass is 9.87. The summed E-state index contributed by atoms with van der Waals surface area (Å²) in [6.07, 6.45) is -0.795. The van der Waals surface area contributed by atoms with Gasteiger partial charge in [-0.1, -0.05) is 24.3 Å². The standard InChI is InChI=1S/C22H22FN3O4/c1-29-21-17-4-2-3-5-18(17)24-20(25-21)13-30-19-12-26(22(27)28)11-10-16(19)14-6-8-15(23)9-7-14/h2-9,16,19H,10-13H2,1H3,(H,27,28). The summed E-state index contributed by atoms with van der Waals surface area (Å²) in [4.78, 5) is 21.8. The smallest absolute Gasteiger partial charge is 0.407 e. The molecule has 0 saturated carbocycles. The van der Waals surface area contributed by atoms with Crippen LogP contribution < -0.4 is 4.74 Å². The van der Waals surface area contributed by atoms with Crippen LogP contribution in [0.1, 0.15) is 23.7 Å². The van der Waals surface area contributed by atoms with Crippen LogP contribution >= 0.6 is 0 Å². The van der Waals surface area contributed by atoms with Gasteiger partial charge < -0.3 is 19.5 Å². The minimum atomic E-state index is -0.982. The van der Waals surface area contributed by atoms with Crippen LogP contribution in [0.25, 0.3) is 10.9 Å². The highest BCUT2D eigenvalue weighted by molar-refractivity contribution is 5.83. The second kappa shape index (κ2) is 8.62. The lowest BCUT2D eigenvalue weighted by Crippen LogP contribution is -2.46. The summed E-state index contributed by atoms with van der Waals surface area (Å²) < 4.78 is 24.8. The van der Waals surface area contributed by atoms with E-state index in [1.165, 1.54) is 17.0 Å². The van der Waals surface area contributed by atoms with E-state index >= 15 is 0 Å². The maximum Gasteiger partial charge on any atom is 0.407 e. The van der Waals surface area contributed by atoms with Gasteiger partial charge in [-0.05, 0) is 36.2 Å². The zero-order chi connectivity index (χ0) is 21.1. The molecule has 2 unspecified atom stereocenters. The van der Waals surface area contributed by atoms with Gasteiger partial charge in [0.1, 0.15) is 12.4 Å². The van der Waals surface area contributed by atoms with Crippen LogP contribution in [-0.4, -0.2) is 52.4 Å². The molecule has 0 aliphatic carbocycles. The van der Waals surface area contributed by atoms with Crippen molar-refractivity contribution in [1.29, 1.82) is 0 Å². The van der Waals surface area contributed by atoms with Gasteiger partial charge in [0, 0.05) is 12.5 Å². The Hall–Kier alpha value is -3.26. The normalized spacial score (nSPS) is 19.1. The highest BCUT2D eigenvalue weighted by Crippen LogP contribution is 2.31. The quantitative estimate of drug-likeness (QED) is 0.687. The van der Waals surface area contributed by atoms with E-state index in [1.807, 2.05) is 24.3 Å². The predicted molar refractivity (Wildman–Crippen MR) is 108 cm³/mol. The number of methoxy groups -OCH3 is 1. The number of likely N-dealkylation sites (tertiary alicyclic amines) is 1. The van der Waals surface area contributed by atoms with E-state index in [2.05, 4.69) is 9.97 Å². The van der Waals surface area contributed by atoms with Crippen LogP contribution in [0.15, 0.2) is 48.5 Å². The Morgan fingerprint density at radius 3 is 2.70 bits per heavy atom. The van der Waals surface area contributed by atoms with Crippen LogP contribution in [0.4, 0.5) is 9.18 Å². The fourth-order valence-corrected chi connectivity index (χ4v) is 3.85. The maximum atomic E-state index is 13.3. The van der Waals surface area contributed by atoms with Crippen molar-refractivity contribution < 1.29 is 23.8 Å². The number of fused-ring (bicyclic) bond motifs is 1. The number of nitrogens with zero attached hydrogens (tertiary/aromatic N) is 3. The van der Waals surface area contributed by atoms with Crippen LogP contribution in [0, 0.1) is 5.82 Å². The van der Waals surface area contributed by atoms with Crippen LogP contribution in [0.5, 0.6) is 5.88 Å². The zero-order valence-corrected chi connectivity index (χ0v) is 16.5. The van der Waals surface area contributed by atoms with Gasteiger partial charge in [0.25, 0.3) is 0 Å². The average molecular weight is 411 g/mol. The number of hydrogen-bond donors (Lipinski definition) is 1. The molecule has 7 nitrogen and oxygen atoms in total. The second-order valence-electron chi connectivity index (χ2n) is 7.19. The second-order valence-corrected chi connectivity index (χ2v) is 7.19. The lowest BCUT2D eigenvalue weighted by Gasteiger charge is -2.37. The molecule has 4 rings (SSSR count). The third-order valence-corrected chi connectivity index (χ3v) is 5.36. The van der Waals surface area contributed by atoms with Crippen molar-refractivity contribution in [3.63, 3.8) is 0 Å². The molecular weight excluding hydrogens is 389 g/mol. The van der Waals surface area contributed by atoms with E-state index in [0.29, 0.717) is 24.7 Å². The van der Waals surface area contributed by atoms with Crippen molar-refractivity contribution in [2.45, 2.75) is 25.0 Å². The molecule has 1 amide bonds. The number of halogens is 1. The predicted octanol–water partition coefficient (Wildman–Crippen LogP) is 3.83. The van der Waals surface area contributed by atoms with Gasteiger partial charge in [-0.25, -0.2) is 14.2 Å². The van der Waals surface area contributed by atoms with Gasteiger partial charge in [-0.15, -0.1) is 0 Å². The van der Waals surface area contributed by atoms with E-state index in [0.717, 1.165) is 16.5 Å². The molecule has 1 aliphatic rings. The van der Waals surface area contributed by atoms with Crippen molar-refractivity contribution in [2.24, 2.45) is 0 Å². The minimum Gasteiger partial charge on any atom is -0.480 e. The number of carbonyl (C=O) groups is 1. The Balaban J connectivity index is 1.57. The summed E-state index contributed by atoms with van der Waals surface area (Å²) >= 11 is 0. The van der Waals surface area contributed by atoms with Gasteiger partial charge in [0.2, 0.25) is 5.88 Å². The Kier molecular flexibility index (Phi) is 5.76. The summed E-state index contributed by atoms with van der Waals surface area (Å²) in [7, 11) is 1.55. The van der Waals surface area contributed by atoms with Gasteiger partial charge in [0.15, 0.2) is 5.82 Å². The first kappa shape index (κ1) is 20.0. The number of ether oxygens (including phenoxy) is 2. The average Bonchev–Trinajstić information content (AvgIpc) is 2.77. The Labute approximate surface area is 173 Å². The first-order valence-electron chi connectivity index (χ1n) is 9.69. The number of carboxylic acid groups (broad SMARTS) is 1. The number of benzene rings is 2. The molecular formula is C22H22FN3O4. The van der Waals surface area contributed by atoms with Crippen molar-refractivity contribution in [3.05, 3.63) is 65.7 Å². The van der Waals surface area contributed by atoms with Crippen molar-refractivity contribution >= 4 is 17.0 Å². The topological polar surface area (TPSA) is 84.8 Å². The van der Waals surface area contributed by atoms with E-state index < -0.39 is 12.2 Å². The first-order valence-corrected chi connectivity index (χ1v) is 9.69. The van der Waals surface area contributed by atoms with Crippen LogP contribution in [-0.2, 0) is 11.3 Å². The fraction of sp³-hybridized carbons (Fsp3) is 0.318. The van der Waals surface area contributed by atoms with Crippen LogP contribution in [0.3, 0.4) is 0 Å². The van der Waals surface area contributed by atoms with Crippen molar-refractivity contribution in [2.75, 3.05) is 20.2 Å². The van der Waals surface area contributed by atoms with Crippen LogP contribution in [0.2, 0.25) is 0 Å². The monoisotopic (exact) mass is 411 g/mol. The molecule has 2 heterocycles. The van der Waals surface area contributed by atoms with Gasteiger partial charge in [0.05, 0.1) is 30.7 Å². The molecule has 0 radical (unpaired) electrons. The number of amides is 1. The largest absolute Gasteiger partial charge is 0.480 e. The molecule has 30 heavy (non-hydrogen) atoms. The molecule has 3 aromatic rings. The molecule has 1 fully saturated rings. The molecule has 2 aromatic carbocycles. The minimum absolute atomic E-state index is 0.0523. The first-order chi connectivity index (χ1) is 14.5. The Morgan fingerprint density at radius 2 is 1.97 bits per heavy atom. The molecule has 0 spiro atoms. The summed E-state index contributed by atoms with van der Waals surface area (Å²) in [5.41, 5.74) is 1.66. The highest BCUT2D eigenvalue weighted by atomic mass is 19.1. The molecule has 1 saturated heterocycles. The third kappa shape index (κ3) is 4.18. The van der Waals surface area contributed by atoms with E-state index in [-0.39, 0.29) is 24.9 Å². The van der Waals surface area contributed by atoms with E-state index in [1.54, 1.807) is 19.2 Å². The van der Waals surface area contributed by atoms with Crippen molar-refractivity contribution in [3.8, 4) is 5.88 Å². The summed E-state index contributed by atoms with van der Waals surface area (Å²) in [6.45, 7) is 0.733. The van der Waals surface area contributed by atoms with Gasteiger partial charge >= 0.3 is 6.09 Å². The number of para-hydroxylation sites is 1. The number of piperidine rings is 1. The molecule has 1 aromatic heterocycles. The number of rotatable bonds is 5. The van der Waals surface area contributed by atoms with Gasteiger partial charge in [-0.2, -0.15) is 4.98 Å². The zero-order valence-electron chi connectivity index (χ0n) is 16.5. The lowest BCUT2D eigenvalue weighted by molar-refractivity contribution is -0.0223. The molecule has 1 aliphatic heterocycles. The Bertz CT molecular complexity index is 1040. The van der Waals surface area contributed by atoms with E-state index in [9.17, 15) is 14.3 Å². The Morgan fingerprint density at radius 1 is 1.20 bits per heavy atom. The highest BCUT2D eigenvalue weighted by Gasteiger charge is 2.33. The fourth-order valence-electron chi connectivity index (χ4n) is 3.85. The summed E-state index contributed by atoms with van der Waals surface area (Å²) in [5, 5.41) is 10.2. The number of hydrogen-bond acceptors (Lipinski definition) is 5. The number of aromatic nitrogens is 2. The molecule has 156 valence electrons. The van der Waals surface area contributed by atoms with Crippen molar-refractivity contribution in [1.82, 2.24) is 14.9 Å². The molecule has 1 N–H and O–H groups in total. The summed E-state index contributed by atoms with van der Waals surface area (Å²) in [6, 6.07) is 13.8. The SMILES string of the molecule is COc1nc(COC2CN(C(=O)O)CCC2c2ccc(F)cc2)nc2ccccc12. The van der Waals surface area contributed by atoms with Gasteiger partial charge in [-0.3, -0.25) is 0 Å². The summed E-state index contributed by atoms with van der Waals surface area (Å²) in [5.74, 6) is 0.556. The van der Waals surface area contributed by atoms with E-state index in [4.69, 9.17) is 9.47 Å². The molecule has 2 atom stereocenters. The molecule has 0 bridgehead atoms. The molecule has 8 heteroatoms. The maximum absolute atomic E-state index is 13.3. The third-order valence-electron chi connectivity index (χ3n) is 5.36.